The lowest BCUT2D eigenvalue weighted by atomic mass is 10.1. The number of aryl methyl sites for hydroxylation is 1. The van der Waals surface area contributed by atoms with Gasteiger partial charge in [-0.3, -0.25) is 14.5 Å². The molecule has 6 nitrogen and oxygen atoms in total. The van der Waals surface area contributed by atoms with E-state index in [2.05, 4.69) is 0 Å². The fourth-order valence-electron chi connectivity index (χ4n) is 2.82. The highest BCUT2D eigenvalue weighted by atomic mass is 32.2. The Kier molecular flexibility index (Phi) is 6.39. The van der Waals surface area contributed by atoms with Crippen LogP contribution in [0, 0.1) is 6.92 Å². The van der Waals surface area contributed by atoms with Crippen molar-refractivity contribution in [2.45, 2.75) is 32.9 Å². The maximum absolute atomic E-state index is 12.8. The monoisotopic (exact) mass is 411 g/mol. The van der Waals surface area contributed by atoms with Gasteiger partial charge in [0.25, 0.3) is 11.1 Å². The highest BCUT2D eigenvalue weighted by Gasteiger charge is 2.35. The van der Waals surface area contributed by atoms with Gasteiger partial charge in [-0.05, 0) is 42.8 Å². The third kappa shape index (κ3) is 4.86. The van der Waals surface area contributed by atoms with Crippen LogP contribution in [-0.2, 0) is 16.1 Å². The minimum Gasteiger partial charge on any atom is -0.479 e. The summed E-state index contributed by atoms with van der Waals surface area (Å²) in [6.07, 6.45) is 0.891. The van der Waals surface area contributed by atoms with Gasteiger partial charge in [0.1, 0.15) is 5.75 Å². The molecule has 0 saturated carbocycles. The van der Waals surface area contributed by atoms with Gasteiger partial charge >= 0.3 is 5.97 Å². The molecule has 2 aromatic carbocycles. The summed E-state index contributed by atoms with van der Waals surface area (Å²) < 4.78 is 5.60. The van der Waals surface area contributed by atoms with Crippen LogP contribution >= 0.6 is 11.8 Å². The number of ether oxygens (including phenoxy) is 1. The molecule has 150 valence electrons. The number of hydrogen-bond donors (Lipinski definition) is 1. The molecule has 2 amide bonds. The summed E-state index contributed by atoms with van der Waals surface area (Å²) in [7, 11) is 0. The van der Waals surface area contributed by atoms with Gasteiger partial charge < -0.3 is 9.84 Å². The fourth-order valence-corrected chi connectivity index (χ4v) is 3.65. The number of carbonyl (C=O) groups excluding carboxylic acids is 2. The van der Waals surface area contributed by atoms with Gasteiger partial charge in [0, 0.05) is 5.56 Å². The lowest BCUT2D eigenvalue weighted by molar-refractivity contribution is -0.145. The lowest BCUT2D eigenvalue weighted by Gasteiger charge is -2.15. The van der Waals surface area contributed by atoms with Gasteiger partial charge in [0.15, 0.2) is 6.10 Å². The highest BCUT2D eigenvalue weighted by molar-refractivity contribution is 8.18. The minimum atomic E-state index is -1.05. The number of carbonyl (C=O) groups is 3. The van der Waals surface area contributed by atoms with Crippen LogP contribution in [0.25, 0.3) is 6.08 Å². The van der Waals surface area contributed by atoms with Crippen molar-refractivity contribution >= 4 is 35.0 Å². The van der Waals surface area contributed by atoms with E-state index in [0.29, 0.717) is 17.7 Å². The fraction of sp³-hybridized carbons (Fsp3) is 0.227. The molecule has 0 aromatic heterocycles. The third-order valence-electron chi connectivity index (χ3n) is 4.46. The molecule has 0 aliphatic carbocycles. The number of aliphatic carboxylic acids is 1. The van der Waals surface area contributed by atoms with Crippen molar-refractivity contribution in [3.8, 4) is 5.75 Å². The minimum absolute atomic E-state index is 0.206. The van der Waals surface area contributed by atoms with E-state index in [1.54, 1.807) is 37.3 Å². The van der Waals surface area contributed by atoms with Crippen molar-refractivity contribution in [2.75, 3.05) is 0 Å². The second-order valence-electron chi connectivity index (χ2n) is 6.64. The Morgan fingerprint density at radius 2 is 1.86 bits per heavy atom. The van der Waals surface area contributed by atoms with Crippen molar-refractivity contribution in [3.05, 3.63) is 70.1 Å². The zero-order valence-corrected chi connectivity index (χ0v) is 16.9. The second kappa shape index (κ2) is 8.96. The number of thioether (sulfide) groups is 1. The van der Waals surface area contributed by atoms with Gasteiger partial charge in [-0.15, -0.1) is 0 Å². The Bertz CT molecular complexity index is 967. The molecule has 1 saturated heterocycles. The highest BCUT2D eigenvalue weighted by Crippen LogP contribution is 2.35. The first-order valence-electron chi connectivity index (χ1n) is 9.18. The number of para-hydroxylation sites is 1. The van der Waals surface area contributed by atoms with E-state index in [-0.39, 0.29) is 22.6 Å². The average molecular weight is 411 g/mol. The summed E-state index contributed by atoms with van der Waals surface area (Å²) in [5, 5.41) is 8.89. The Balaban J connectivity index is 1.82. The van der Waals surface area contributed by atoms with Gasteiger partial charge in [-0.1, -0.05) is 55.0 Å². The molecule has 1 fully saturated rings. The first kappa shape index (κ1) is 20.7. The van der Waals surface area contributed by atoms with Gasteiger partial charge in [-0.25, -0.2) is 4.79 Å². The molecule has 3 rings (SSSR count). The molecule has 1 aliphatic rings. The van der Waals surface area contributed by atoms with E-state index in [1.165, 1.54) is 4.90 Å². The van der Waals surface area contributed by atoms with Crippen LogP contribution in [0.5, 0.6) is 5.75 Å². The standard InChI is InChI=1S/C22H21NO5S/c1-3-17(21(25)26)28-18-7-5-4-6-16(18)12-19-20(24)23(22(27)29-19)13-15-10-8-14(2)9-11-15/h4-12,17H,3,13H2,1-2H3,(H,25,26)/b19-12+. The number of nitrogens with zero attached hydrogens (tertiary/aromatic N) is 1. The predicted molar refractivity (Wildman–Crippen MR) is 111 cm³/mol. The van der Waals surface area contributed by atoms with Crippen molar-refractivity contribution in [1.29, 1.82) is 0 Å². The van der Waals surface area contributed by atoms with Crippen LogP contribution in [0.2, 0.25) is 0 Å². The molecule has 29 heavy (non-hydrogen) atoms. The molecular formula is C22H21NO5S. The van der Waals surface area contributed by atoms with Crippen LogP contribution in [0.1, 0.15) is 30.0 Å². The average Bonchev–Trinajstić information content (AvgIpc) is 2.96. The number of rotatable bonds is 7. The summed E-state index contributed by atoms with van der Waals surface area (Å²) in [4.78, 5) is 37.9. The summed E-state index contributed by atoms with van der Waals surface area (Å²) in [5.74, 6) is -1.08. The smallest absolute Gasteiger partial charge is 0.344 e. The van der Waals surface area contributed by atoms with Crippen molar-refractivity contribution < 1.29 is 24.2 Å². The molecular weight excluding hydrogens is 390 g/mol. The van der Waals surface area contributed by atoms with Gasteiger partial charge in [0.05, 0.1) is 11.4 Å². The normalized spacial score (nSPS) is 16.3. The number of carboxylic acid groups (broad SMARTS) is 1. The lowest BCUT2D eigenvalue weighted by Crippen LogP contribution is -2.27. The number of carboxylic acids is 1. The van der Waals surface area contributed by atoms with Crippen LogP contribution in [0.15, 0.2) is 53.4 Å². The number of hydrogen-bond acceptors (Lipinski definition) is 5. The molecule has 1 aliphatic heterocycles. The molecule has 0 radical (unpaired) electrons. The van der Waals surface area contributed by atoms with E-state index in [9.17, 15) is 19.5 Å². The van der Waals surface area contributed by atoms with E-state index >= 15 is 0 Å². The maximum atomic E-state index is 12.8. The van der Waals surface area contributed by atoms with Crippen LogP contribution in [-0.4, -0.2) is 33.2 Å². The topological polar surface area (TPSA) is 83.9 Å². The quantitative estimate of drug-likeness (QED) is 0.677. The van der Waals surface area contributed by atoms with E-state index < -0.39 is 12.1 Å². The second-order valence-corrected chi connectivity index (χ2v) is 7.64. The Labute approximate surface area is 173 Å². The zero-order chi connectivity index (χ0) is 21.0. The molecule has 0 bridgehead atoms. The molecule has 1 N–H and O–H groups in total. The largest absolute Gasteiger partial charge is 0.479 e. The first-order valence-corrected chi connectivity index (χ1v) is 10.00. The summed E-state index contributed by atoms with van der Waals surface area (Å²) >= 11 is 0.865. The first-order chi connectivity index (χ1) is 13.9. The van der Waals surface area contributed by atoms with Crippen molar-refractivity contribution in [2.24, 2.45) is 0 Å². The zero-order valence-electron chi connectivity index (χ0n) is 16.1. The number of amides is 2. The van der Waals surface area contributed by atoms with Crippen LogP contribution in [0.4, 0.5) is 4.79 Å². The van der Waals surface area contributed by atoms with Crippen molar-refractivity contribution in [1.82, 2.24) is 4.90 Å². The van der Waals surface area contributed by atoms with E-state index in [0.717, 1.165) is 22.9 Å². The van der Waals surface area contributed by atoms with Crippen LogP contribution < -0.4 is 4.74 Å². The Morgan fingerprint density at radius 3 is 2.52 bits per heavy atom. The maximum Gasteiger partial charge on any atom is 0.344 e. The molecule has 1 heterocycles. The molecule has 7 heteroatoms. The number of benzene rings is 2. The molecule has 1 atom stereocenters. The SMILES string of the molecule is CCC(Oc1ccccc1/C=C1/SC(=O)N(Cc2ccc(C)cc2)C1=O)C(=O)O. The number of imide groups is 1. The summed E-state index contributed by atoms with van der Waals surface area (Å²) in [6, 6.07) is 14.5. The van der Waals surface area contributed by atoms with E-state index in [1.807, 2.05) is 31.2 Å². The summed E-state index contributed by atoms with van der Waals surface area (Å²) in [5.41, 5.74) is 2.52. The van der Waals surface area contributed by atoms with Gasteiger partial charge in [0.2, 0.25) is 0 Å². The predicted octanol–water partition coefficient (Wildman–Crippen LogP) is 4.47. The molecule has 2 aromatic rings. The summed E-state index contributed by atoms with van der Waals surface area (Å²) in [6.45, 7) is 3.90. The Morgan fingerprint density at radius 1 is 1.17 bits per heavy atom. The molecule has 0 spiro atoms. The Hall–Kier alpha value is -3.06. The van der Waals surface area contributed by atoms with Crippen LogP contribution in [0.3, 0.4) is 0 Å². The third-order valence-corrected chi connectivity index (χ3v) is 5.36. The molecule has 1 unspecified atom stereocenters. The van der Waals surface area contributed by atoms with Crippen molar-refractivity contribution in [3.63, 3.8) is 0 Å². The van der Waals surface area contributed by atoms with Gasteiger partial charge in [-0.2, -0.15) is 0 Å². The van der Waals surface area contributed by atoms with E-state index in [4.69, 9.17) is 4.74 Å².